The van der Waals surface area contributed by atoms with Crippen LogP contribution < -0.4 is 14.8 Å². The van der Waals surface area contributed by atoms with Crippen molar-refractivity contribution in [3.05, 3.63) is 124 Å². The van der Waals surface area contributed by atoms with E-state index in [1.807, 2.05) is 0 Å². The average molecular weight is 749 g/mol. The van der Waals surface area contributed by atoms with Crippen molar-refractivity contribution in [3.8, 4) is 11.5 Å². The average Bonchev–Trinajstić information content (AvgIpc) is 3.04. The molecule has 0 aliphatic carbocycles. The molecule has 3 aromatic carbocycles. The van der Waals surface area contributed by atoms with Crippen LogP contribution in [-0.2, 0) is 22.9 Å². The van der Waals surface area contributed by atoms with Crippen LogP contribution >= 0.6 is 11.6 Å². The number of hydrogen-bond donors (Lipinski definition) is 2. The highest BCUT2D eigenvalue weighted by atomic mass is 35.5. The van der Waals surface area contributed by atoms with Crippen LogP contribution in [0.4, 0.5) is 39.5 Å². The number of aliphatic carboxylic acids is 1. The van der Waals surface area contributed by atoms with Gasteiger partial charge in [-0.2, -0.15) is 30.7 Å². The Morgan fingerprint density at radius 1 is 0.882 bits per heavy atom. The van der Waals surface area contributed by atoms with Gasteiger partial charge in [-0.1, -0.05) is 23.7 Å². The monoisotopic (exact) mass is 748 g/mol. The summed E-state index contributed by atoms with van der Waals surface area (Å²) in [5.41, 5.74) is -4.97. The van der Waals surface area contributed by atoms with E-state index in [1.165, 1.54) is 36.4 Å². The van der Waals surface area contributed by atoms with E-state index in [1.54, 1.807) is 0 Å². The van der Waals surface area contributed by atoms with Crippen LogP contribution in [0.3, 0.4) is 0 Å². The lowest BCUT2D eigenvalue weighted by molar-refractivity contribution is -0.253. The zero-order valence-electron chi connectivity index (χ0n) is 25.9. The molecule has 4 rings (SSSR count). The fraction of sp³-hybridized carbons (Fsp3) is 0.265. The summed E-state index contributed by atoms with van der Waals surface area (Å²) < 4.78 is 134. The summed E-state index contributed by atoms with van der Waals surface area (Å²) in [6.45, 7) is 0.161. The van der Waals surface area contributed by atoms with Crippen LogP contribution in [0.1, 0.15) is 52.0 Å². The largest absolute Gasteiger partial charge is 0.494 e. The molecule has 1 amide bonds. The molecule has 0 aliphatic rings. The first-order valence-electron chi connectivity index (χ1n) is 14.8. The maximum atomic E-state index is 15.1. The molecule has 0 saturated carbocycles. The van der Waals surface area contributed by atoms with Crippen molar-refractivity contribution in [3.63, 3.8) is 0 Å². The second-order valence-corrected chi connectivity index (χ2v) is 11.5. The minimum atomic E-state index is -5.21. The van der Waals surface area contributed by atoms with Crippen LogP contribution in [0.25, 0.3) is 0 Å². The quantitative estimate of drug-likeness (QED) is 0.0932. The molecular weight excluding hydrogens is 723 g/mol. The number of nitrogens with zero attached hydrogens (tertiary/aromatic N) is 1. The molecular formula is C34H26ClF9N2O5. The topological polar surface area (TPSA) is 97.8 Å². The number of carboxylic acids is 1. The highest BCUT2D eigenvalue weighted by Gasteiger charge is 2.45. The Kier molecular flexibility index (Phi) is 12.1. The predicted octanol–water partition coefficient (Wildman–Crippen LogP) is 8.82. The fourth-order valence-corrected chi connectivity index (χ4v) is 5.06. The summed E-state index contributed by atoms with van der Waals surface area (Å²) in [5.74, 6) is -6.01. The first kappa shape index (κ1) is 38.8. The van der Waals surface area contributed by atoms with Gasteiger partial charge in [0.25, 0.3) is 5.91 Å². The van der Waals surface area contributed by atoms with Gasteiger partial charge in [-0.3, -0.25) is 14.6 Å². The van der Waals surface area contributed by atoms with Crippen molar-refractivity contribution in [1.82, 2.24) is 10.3 Å². The maximum absolute atomic E-state index is 15.1. The molecule has 1 atom stereocenters. The number of pyridine rings is 1. The van der Waals surface area contributed by atoms with E-state index in [2.05, 4.69) is 15.0 Å². The van der Waals surface area contributed by atoms with Crippen LogP contribution in [0.15, 0.2) is 79.0 Å². The number of unbranched alkanes of at least 4 members (excludes halogenated alkanes) is 1. The number of carbonyl (C=O) groups excluding carboxylic acids is 1. The molecule has 2 N–H and O–H groups in total. The first-order chi connectivity index (χ1) is 23.9. The van der Waals surface area contributed by atoms with Gasteiger partial charge in [0, 0.05) is 30.7 Å². The summed E-state index contributed by atoms with van der Waals surface area (Å²) in [6, 6.07) is 11.6. The summed E-state index contributed by atoms with van der Waals surface area (Å²) in [4.78, 5) is 28.7. The van der Waals surface area contributed by atoms with Gasteiger partial charge in [-0.25, -0.2) is 8.78 Å². The number of amides is 1. The molecule has 17 heteroatoms. The molecule has 7 nitrogen and oxygen atoms in total. The Bertz CT molecular complexity index is 1840. The van der Waals surface area contributed by atoms with Gasteiger partial charge in [0.15, 0.2) is 0 Å². The van der Waals surface area contributed by atoms with E-state index in [0.29, 0.717) is 36.3 Å². The van der Waals surface area contributed by atoms with E-state index in [0.717, 1.165) is 24.4 Å². The number of carbonyl (C=O) groups is 2. The summed E-state index contributed by atoms with van der Waals surface area (Å²) in [6.07, 6.45) is -13.2. The molecule has 0 saturated heterocycles. The maximum Gasteiger partial charge on any atom is 0.461 e. The Labute approximate surface area is 289 Å². The van der Waals surface area contributed by atoms with Gasteiger partial charge in [0.05, 0.1) is 22.9 Å². The fourth-order valence-electron chi connectivity index (χ4n) is 4.95. The Hall–Kier alpha value is -4.99. The lowest BCUT2D eigenvalue weighted by Gasteiger charge is -2.36. The predicted molar refractivity (Wildman–Crippen MR) is 164 cm³/mol. The standard InChI is InChI=1S/C34H26ClF9N2O5/c35-22-7-11-28(45-18-22)32(21-14-23(36)16-25(15-21)51-34(43,44)31(38)39,46-30(49)20-6-10-27(37)26(13-20)33(40,41)42)17-19-4-8-24(9-5-19)50-12-2-1-3-29(47)48/h4-11,13-16,18,31H,1-3,12,17H2,(H,46,49)(H,47,48). The minimum absolute atomic E-state index is 0.0586. The van der Waals surface area contributed by atoms with Gasteiger partial charge < -0.3 is 19.9 Å². The third kappa shape index (κ3) is 10.1. The van der Waals surface area contributed by atoms with Gasteiger partial charge in [0.1, 0.15) is 28.7 Å². The SMILES string of the molecule is O=C(O)CCCCOc1ccc(CC(NC(=O)c2ccc(F)c(C(F)(F)F)c2)(c2cc(F)cc(OC(F)(F)C(F)F)c2)c2ccc(Cl)cn2)cc1. The highest BCUT2D eigenvalue weighted by molar-refractivity contribution is 6.30. The molecule has 1 heterocycles. The molecule has 0 spiro atoms. The van der Waals surface area contributed by atoms with Gasteiger partial charge in [0.2, 0.25) is 0 Å². The second kappa shape index (κ2) is 15.9. The Balaban J connectivity index is 1.85. The molecule has 51 heavy (non-hydrogen) atoms. The lowest BCUT2D eigenvalue weighted by Crippen LogP contribution is -2.49. The summed E-state index contributed by atoms with van der Waals surface area (Å²) in [7, 11) is 0. The molecule has 0 aliphatic heterocycles. The number of nitrogens with one attached hydrogen (secondary N) is 1. The zero-order chi connectivity index (χ0) is 37.6. The van der Waals surface area contributed by atoms with Crippen molar-refractivity contribution in [2.75, 3.05) is 6.61 Å². The third-order valence-corrected chi connectivity index (χ3v) is 7.57. The van der Waals surface area contributed by atoms with E-state index in [4.69, 9.17) is 21.4 Å². The van der Waals surface area contributed by atoms with Gasteiger partial charge in [-0.15, -0.1) is 0 Å². The molecule has 0 bridgehead atoms. The van der Waals surface area contributed by atoms with Crippen LogP contribution in [0, 0.1) is 11.6 Å². The molecule has 4 aromatic rings. The summed E-state index contributed by atoms with van der Waals surface area (Å²) in [5, 5.41) is 11.3. The number of aromatic nitrogens is 1. The number of rotatable bonds is 15. The minimum Gasteiger partial charge on any atom is -0.494 e. The number of ether oxygens (including phenoxy) is 2. The first-order valence-corrected chi connectivity index (χ1v) is 15.2. The highest BCUT2D eigenvalue weighted by Crippen LogP contribution is 2.38. The van der Waals surface area contributed by atoms with Crippen LogP contribution in [0.5, 0.6) is 11.5 Å². The molecule has 1 aromatic heterocycles. The second-order valence-electron chi connectivity index (χ2n) is 11.1. The van der Waals surface area contributed by atoms with Crippen LogP contribution in [-0.4, -0.2) is 41.1 Å². The van der Waals surface area contributed by atoms with E-state index >= 15 is 4.39 Å². The van der Waals surface area contributed by atoms with Crippen molar-refractivity contribution in [1.29, 1.82) is 0 Å². The van der Waals surface area contributed by atoms with Crippen molar-refractivity contribution in [2.45, 2.75) is 49.9 Å². The number of alkyl halides is 7. The Morgan fingerprint density at radius 2 is 1.59 bits per heavy atom. The van der Waals surface area contributed by atoms with Gasteiger partial charge in [-0.05, 0) is 78.6 Å². The Morgan fingerprint density at radius 3 is 2.20 bits per heavy atom. The molecule has 1 unspecified atom stereocenters. The molecule has 0 radical (unpaired) electrons. The lowest BCUT2D eigenvalue weighted by atomic mass is 9.80. The third-order valence-electron chi connectivity index (χ3n) is 7.34. The smallest absolute Gasteiger partial charge is 0.461 e. The van der Waals surface area contributed by atoms with Crippen molar-refractivity contribution in [2.24, 2.45) is 0 Å². The zero-order valence-corrected chi connectivity index (χ0v) is 26.7. The van der Waals surface area contributed by atoms with E-state index < -0.39 is 76.6 Å². The number of carboxylic acid groups (broad SMARTS) is 1. The number of hydrogen-bond acceptors (Lipinski definition) is 5. The van der Waals surface area contributed by atoms with Crippen molar-refractivity contribution >= 4 is 23.5 Å². The van der Waals surface area contributed by atoms with Gasteiger partial charge >= 0.3 is 24.7 Å². The van der Waals surface area contributed by atoms with Crippen LogP contribution in [0.2, 0.25) is 5.02 Å². The molecule has 0 fully saturated rings. The van der Waals surface area contributed by atoms with Crippen molar-refractivity contribution < 1.29 is 63.7 Å². The van der Waals surface area contributed by atoms with E-state index in [-0.39, 0.29) is 29.8 Å². The normalized spacial score (nSPS) is 13.1. The number of halogens is 10. The summed E-state index contributed by atoms with van der Waals surface area (Å²) >= 11 is 6.02. The molecule has 272 valence electrons. The number of benzene rings is 3. The van der Waals surface area contributed by atoms with E-state index in [9.17, 15) is 44.7 Å².